The summed E-state index contributed by atoms with van der Waals surface area (Å²) in [4.78, 5) is 23.7. The monoisotopic (exact) mass is 450 g/mol. The number of benzene rings is 1. The van der Waals surface area contributed by atoms with E-state index in [2.05, 4.69) is 32.1 Å². The lowest BCUT2D eigenvalue weighted by Gasteiger charge is -2.31. The van der Waals surface area contributed by atoms with Gasteiger partial charge in [-0.3, -0.25) is 4.79 Å². The molecular weight excluding hydrogens is 416 g/mol. The van der Waals surface area contributed by atoms with Gasteiger partial charge in [0.05, 0.1) is 5.56 Å². The van der Waals surface area contributed by atoms with Gasteiger partial charge >= 0.3 is 0 Å². The summed E-state index contributed by atoms with van der Waals surface area (Å²) < 4.78 is 6.18. The van der Waals surface area contributed by atoms with Crippen molar-refractivity contribution in [3.63, 3.8) is 0 Å². The predicted molar refractivity (Wildman–Crippen MR) is 131 cm³/mol. The Bertz CT molecular complexity index is 932. The van der Waals surface area contributed by atoms with Gasteiger partial charge in [0.25, 0.3) is 0 Å². The van der Waals surface area contributed by atoms with Crippen molar-refractivity contribution in [2.24, 2.45) is 5.92 Å². The third-order valence-corrected chi connectivity index (χ3v) is 6.57. The lowest BCUT2D eigenvalue weighted by molar-refractivity contribution is -0.104. The molecule has 0 amide bonds. The van der Waals surface area contributed by atoms with Crippen LogP contribution in [0.15, 0.2) is 42.9 Å². The van der Waals surface area contributed by atoms with Crippen LogP contribution in [0.3, 0.4) is 0 Å². The van der Waals surface area contributed by atoms with E-state index in [4.69, 9.17) is 10.5 Å². The number of anilines is 2. The van der Waals surface area contributed by atoms with Crippen molar-refractivity contribution in [2.45, 2.75) is 31.8 Å². The Balaban J connectivity index is 1.37. The first kappa shape index (κ1) is 23.0. The van der Waals surface area contributed by atoms with Gasteiger partial charge in [-0.05, 0) is 62.4 Å². The van der Waals surface area contributed by atoms with Crippen molar-refractivity contribution in [2.75, 3.05) is 50.8 Å². The molecule has 0 spiro atoms. The fraction of sp³-hybridized carbons (Fsp3) is 0.480. The zero-order valence-corrected chi connectivity index (χ0v) is 19.3. The van der Waals surface area contributed by atoms with Crippen molar-refractivity contribution in [1.29, 1.82) is 0 Å². The topological polar surface area (TPSA) is 96.6 Å². The van der Waals surface area contributed by atoms with E-state index in [-0.39, 0.29) is 6.10 Å². The second kappa shape index (κ2) is 11.1. The van der Waals surface area contributed by atoms with Gasteiger partial charge in [-0.2, -0.15) is 0 Å². The molecule has 0 radical (unpaired) electrons. The minimum atomic E-state index is 0.273. The Labute approximate surface area is 195 Å². The van der Waals surface area contributed by atoms with Crippen molar-refractivity contribution < 1.29 is 9.53 Å². The van der Waals surface area contributed by atoms with Gasteiger partial charge in [-0.25, -0.2) is 9.97 Å². The van der Waals surface area contributed by atoms with Crippen LogP contribution >= 0.6 is 0 Å². The lowest BCUT2D eigenvalue weighted by atomic mass is 9.97. The average Bonchev–Trinajstić information content (AvgIpc) is 2.84. The summed E-state index contributed by atoms with van der Waals surface area (Å²) in [6.45, 7) is 4.88. The highest BCUT2D eigenvalue weighted by molar-refractivity contribution is 5.83. The Hall–Kier alpha value is -3.13. The highest BCUT2D eigenvalue weighted by atomic mass is 16.5. The summed E-state index contributed by atoms with van der Waals surface area (Å²) in [5, 5.41) is 3.51. The van der Waals surface area contributed by atoms with Crippen LogP contribution in [0.4, 0.5) is 11.6 Å². The number of nitrogen functional groups attached to an aromatic ring is 1. The van der Waals surface area contributed by atoms with Crippen molar-refractivity contribution in [3.05, 3.63) is 42.9 Å². The number of aromatic nitrogens is 2. The number of allylic oxidation sites excluding steroid dienone is 1. The number of nitrogens with one attached hydrogen (secondary N) is 1. The van der Waals surface area contributed by atoms with Gasteiger partial charge in [-0.1, -0.05) is 12.1 Å². The average molecular weight is 451 g/mol. The summed E-state index contributed by atoms with van der Waals surface area (Å²) in [5.74, 6) is 2.65. The van der Waals surface area contributed by atoms with E-state index in [1.54, 1.807) is 6.08 Å². The number of carbonyl (C=O) groups is 1. The summed E-state index contributed by atoms with van der Waals surface area (Å²) in [5.41, 5.74) is 8.06. The van der Waals surface area contributed by atoms with Crippen molar-refractivity contribution >= 4 is 17.9 Å². The van der Waals surface area contributed by atoms with E-state index in [9.17, 15) is 4.79 Å². The van der Waals surface area contributed by atoms with E-state index in [1.807, 2.05) is 30.5 Å². The Morgan fingerprint density at radius 2 is 1.82 bits per heavy atom. The van der Waals surface area contributed by atoms with Crippen LogP contribution in [-0.2, 0) is 4.79 Å². The standard InChI is InChI=1S/C25H34N6O2/c1-30-12-9-22(10-13-30)33-21-5-3-20(4-6-21)23-24(26)28-18-29-25(23)27-17-19-7-14-31(15-8-19)11-2-16-32/h2-6,11,16,18-19,22H,7-10,12-15,17H2,1H3,(H3,26,27,28,29). The van der Waals surface area contributed by atoms with Crippen LogP contribution in [0.25, 0.3) is 11.1 Å². The van der Waals surface area contributed by atoms with Crippen LogP contribution in [-0.4, -0.2) is 71.9 Å². The number of nitrogens with two attached hydrogens (primary N) is 1. The van der Waals surface area contributed by atoms with Crippen LogP contribution in [0.1, 0.15) is 25.7 Å². The second-order valence-electron chi connectivity index (χ2n) is 8.97. The van der Waals surface area contributed by atoms with Gasteiger partial charge in [0.15, 0.2) is 0 Å². The second-order valence-corrected chi connectivity index (χ2v) is 8.97. The predicted octanol–water partition coefficient (Wildman–Crippen LogP) is 3.04. The minimum Gasteiger partial charge on any atom is -0.490 e. The van der Waals surface area contributed by atoms with Gasteiger partial charge < -0.3 is 25.6 Å². The summed E-state index contributed by atoms with van der Waals surface area (Å²) >= 11 is 0. The zero-order chi connectivity index (χ0) is 23.0. The first-order chi connectivity index (χ1) is 16.1. The molecule has 8 heteroatoms. The molecule has 33 heavy (non-hydrogen) atoms. The molecule has 0 saturated carbocycles. The van der Waals surface area contributed by atoms with Gasteiger partial charge in [0.2, 0.25) is 0 Å². The third kappa shape index (κ3) is 6.22. The molecule has 0 bridgehead atoms. The molecule has 3 heterocycles. The number of rotatable bonds is 8. The number of hydrogen-bond acceptors (Lipinski definition) is 8. The third-order valence-electron chi connectivity index (χ3n) is 6.57. The van der Waals surface area contributed by atoms with Crippen LogP contribution in [0, 0.1) is 5.92 Å². The zero-order valence-electron chi connectivity index (χ0n) is 19.3. The number of nitrogens with zero attached hydrogens (tertiary/aromatic N) is 4. The maximum absolute atomic E-state index is 10.5. The van der Waals surface area contributed by atoms with Crippen LogP contribution in [0.2, 0.25) is 0 Å². The molecule has 2 aromatic rings. The van der Waals surface area contributed by atoms with Crippen LogP contribution in [0.5, 0.6) is 5.75 Å². The minimum absolute atomic E-state index is 0.273. The Morgan fingerprint density at radius 3 is 2.52 bits per heavy atom. The lowest BCUT2D eigenvalue weighted by Crippen LogP contribution is -2.35. The number of ether oxygens (including phenoxy) is 1. The normalized spacial score (nSPS) is 18.5. The molecule has 2 aliphatic heterocycles. The maximum Gasteiger partial charge on any atom is 0.144 e. The highest BCUT2D eigenvalue weighted by Gasteiger charge is 2.20. The number of aldehydes is 1. The number of likely N-dealkylation sites (tertiary alicyclic amines) is 2. The molecule has 176 valence electrons. The summed E-state index contributed by atoms with van der Waals surface area (Å²) in [6, 6.07) is 8.07. The molecule has 1 aromatic heterocycles. The Kier molecular flexibility index (Phi) is 7.78. The molecule has 2 aliphatic rings. The van der Waals surface area contributed by atoms with Gasteiger partial charge in [0.1, 0.15) is 36.1 Å². The molecule has 0 aliphatic carbocycles. The number of carbonyl (C=O) groups excluding carboxylic acids is 1. The molecule has 4 rings (SSSR count). The molecule has 2 saturated heterocycles. The highest BCUT2D eigenvalue weighted by Crippen LogP contribution is 2.32. The largest absolute Gasteiger partial charge is 0.490 e. The first-order valence-corrected chi connectivity index (χ1v) is 11.8. The first-order valence-electron chi connectivity index (χ1n) is 11.8. The molecule has 8 nitrogen and oxygen atoms in total. The quantitative estimate of drug-likeness (QED) is 0.468. The van der Waals surface area contributed by atoms with E-state index in [0.717, 1.165) is 87.4 Å². The van der Waals surface area contributed by atoms with Gasteiger partial charge in [0, 0.05) is 38.9 Å². The fourth-order valence-corrected chi connectivity index (χ4v) is 4.52. The maximum atomic E-state index is 10.5. The SMILES string of the molecule is CN1CCC(Oc2ccc(-c3c(N)ncnc3NCC3CCN(C=CC=O)CC3)cc2)CC1. The van der Waals surface area contributed by atoms with Crippen LogP contribution < -0.4 is 15.8 Å². The fourth-order valence-electron chi connectivity index (χ4n) is 4.52. The summed E-state index contributed by atoms with van der Waals surface area (Å²) in [6.07, 6.45) is 10.3. The van der Waals surface area contributed by atoms with Gasteiger partial charge in [-0.15, -0.1) is 0 Å². The molecule has 3 N–H and O–H groups in total. The summed E-state index contributed by atoms with van der Waals surface area (Å²) in [7, 11) is 2.15. The molecule has 2 fully saturated rings. The van der Waals surface area contributed by atoms with Crippen molar-refractivity contribution in [3.8, 4) is 16.9 Å². The van der Waals surface area contributed by atoms with E-state index in [0.29, 0.717) is 11.7 Å². The smallest absolute Gasteiger partial charge is 0.144 e. The number of piperidine rings is 2. The molecular formula is C25H34N6O2. The van der Waals surface area contributed by atoms with E-state index >= 15 is 0 Å². The molecule has 0 atom stereocenters. The molecule has 1 aromatic carbocycles. The number of hydrogen-bond donors (Lipinski definition) is 2. The Morgan fingerprint density at radius 1 is 1.09 bits per heavy atom. The van der Waals surface area contributed by atoms with Crippen molar-refractivity contribution in [1.82, 2.24) is 19.8 Å². The van der Waals surface area contributed by atoms with E-state index in [1.165, 1.54) is 6.33 Å². The molecule has 0 unspecified atom stereocenters. The van der Waals surface area contributed by atoms with E-state index < -0.39 is 0 Å².